The lowest BCUT2D eigenvalue weighted by Gasteiger charge is -2.13. The summed E-state index contributed by atoms with van der Waals surface area (Å²) in [5.74, 6) is 1.87. The fourth-order valence-corrected chi connectivity index (χ4v) is 2.22. The molecule has 0 saturated carbocycles. The van der Waals surface area contributed by atoms with Gasteiger partial charge in [0.25, 0.3) is 0 Å². The molecule has 0 spiro atoms. The summed E-state index contributed by atoms with van der Waals surface area (Å²) in [5, 5.41) is 0. The van der Waals surface area contributed by atoms with Crippen molar-refractivity contribution in [2.24, 2.45) is 5.92 Å². The molecule has 106 valence electrons. The molecule has 0 saturated heterocycles. The second-order valence-electron chi connectivity index (χ2n) is 5.28. The van der Waals surface area contributed by atoms with Crippen molar-refractivity contribution in [3.63, 3.8) is 0 Å². The number of alkyl halides is 1. The zero-order chi connectivity index (χ0) is 14.5. The Labute approximate surface area is 125 Å². The highest BCUT2D eigenvalue weighted by Crippen LogP contribution is 2.29. The molecule has 1 heterocycles. The van der Waals surface area contributed by atoms with Gasteiger partial charge >= 0.3 is 0 Å². The molecule has 0 aliphatic heterocycles. The third-order valence-electron chi connectivity index (χ3n) is 3.07. The van der Waals surface area contributed by atoms with E-state index < -0.39 is 0 Å². The molecule has 0 atom stereocenters. The first-order chi connectivity index (χ1) is 9.61. The summed E-state index contributed by atoms with van der Waals surface area (Å²) in [7, 11) is 0. The minimum Gasteiger partial charge on any atom is -0.493 e. The topological polar surface area (TPSA) is 22.1 Å². The molecule has 0 N–H and O–H groups in total. The molecule has 0 aliphatic rings. The number of hydrogen-bond acceptors (Lipinski definition) is 2. The summed E-state index contributed by atoms with van der Waals surface area (Å²) in [5.41, 5.74) is 3.99. The molecule has 0 aliphatic carbocycles. The number of benzene rings is 1. The maximum absolute atomic E-state index is 5.88. The first-order valence-electron chi connectivity index (χ1n) is 6.86. The number of nitrogens with zero attached hydrogens (tertiary/aromatic N) is 1. The van der Waals surface area contributed by atoms with E-state index in [1.54, 1.807) is 0 Å². The Morgan fingerprint density at radius 3 is 2.55 bits per heavy atom. The summed E-state index contributed by atoms with van der Waals surface area (Å²) in [6, 6.07) is 12.1. The van der Waals surface area contributed by atoms with E-state index in [2.05, 4.69) is 18.8 Å². The molecule has 0 radical (unpaired) electrons. The lowest BCUT2D eigenvalue weighted by molar-refractivity contribution is 0.272. The summed E-state index contributed by atoms with van der Waals surface area (Å²) in [6.45, 7) is 6.97. The molecule has 20 heavy (non-hydrogen) atoms. The molecule has 0 unspecified atom stereocenters. The molecule has 1 aromatic carbocycles. The monoisotopic (exact) mass is 289 g/mol. The van der Waals surface area contributed by atoms with Gasteiger partial charge in [-0.15, -0.1) is 11.6 Å². The molecule has 2 aromatic rings. The Morgan fingerprint density at radius 1 is 1.15 bits per heavy atom. The normalized spacial score (nSPS) is 10.8. The van der Waals surface area contributed by atoms with Crippen LogP contribution in [0.25, 0.3) is 11.3 Å². The predicted molar refractivity (Wildman–Crippen MR) is 84.3 cm³/mol. The van der Waals surface area contributed by atoms with Crippen LogP contribution in [0.1, 0.15) is 25.1 Å². The van der Waals surface area contributed by atoms with Crippen LogP contribution in [0, 0.1) is 12.8 Å². The molecule has 2 nitrogen and oxygen atoms in total. The van der Waals surface area contributed by atoms with Gasteiger partial charge in [0.1, 0.15) is 5.75 Å². The van der Waals surface area contributed by atoms with E-state index in [1.807, 2.05) is 43.3 Å². The van der Waals surface area contributed by atoms with Gasteiger partial charge in [-0.1, -0.05) is 32.0 Å². The Bertz CT molecular complexity index is 581. The Hall–Kier alpha value is -1.54. The summed E-state index contributed by atoms with van der Waals surface area (Å²) in [6.07, 6.45) is 0. The molecule has 0 amide bonds. The first-order valence-corrected chi connectivity index (χ1v) is 7.40. The minimum absolute atomic E-state index is 0.491. The van der Waals surface area contributed by atoms with Crippen molar-refractivity contribution in [2.75, 3.05) is 6.61 Å². The number of hydrogen-bond donors (Lipinski definition) is 0. The standard InChI is InChI=1S/C17H20ClNO/c1-12(2)11-20-17-7-5-4-6-15(17)16-9-8-14(10-18)13(3)19-16/h4-9,12H,10-11H2,1-3H3. The van der Waals surface area contributed by atoms with Gasteiger partial charge in [-0.2, -0.15) is 0 Å². The van der Waals surface area contributed by atoms with Crippen LogP contribution in [0.2, 0.25) is 0 Å². The van der Waals surface area contributed by atoms with Gasteiger partial charge < -0.3 is 4.74 Å². The third kappa shape index (κ3) is 3.51. The average molecular weight is 290 g/mol. The van der Waals surface area contributed by atoms with Crippen LogP contribution in [0.4, 0.5) is 0 Å². The summed E-state index contributed by atoms with van der Waals surface area (Å²) < 4.78 is 5.88. The van der Waals surface area contributed by atoms with Crippen molar-refractivity contribution in [3.05, 3.63) is 47.7 Å². The van der Waals surface area contributed by atoms with Crippen molar-refractivity contribution in [3.8, 4) is 17.0 Å². The van der Waals surface area contributed by atoms with Crippen LogP contribution in [0.3, 0.4) is 0 Å². The highest BCUT2D eigenvalue weighted by molar-refractivity contribution is 6.17. The van der Waals surface area contributed by atoms with Crippen LogP contribution in [-0.4, -0.2) is 11.6 Å². The van der Waals surface area contributed by atoms with E-state index >= 15 is 0 Å². The number of halogens is 1. The predicted octanol–water partition coefficient (Wildman–Crippen LogP) is 4.83. The van der Waals surface area contributed by atoms with E-state index in [4.69, 9.17) is 16.3 Å². The third-order valence-corrected chi connectivity index (χ3v) is 3.36. The van der Waals surface area contributed by atoms with Crippen LogP contribution < -0.4 is 4.74 Å². The van der Waals surface area contributed by atoms with Crippen LogP contribution in [0.15, 0.2) is 36.4 Å². The minimum atomic E-state index is 0.491. The van der Waals surface area contributed by atoms with Crippen LogP contribution >= 0.6 is 11.6 Å². The summed E-state index contributed by atoms with van der Waals surface area (Å²) in [4.78, 5) is 4.64. The van der Waals surface area contributed by atoms with Crippen molar-refractivity contribution >= 4 is 11.6 Å². The highest BCUT2D eigenvalue weighted by Gasteiger charge is 2.09. The Kier molecular flexibility index (Phi) is 5.02. The highest BCUT2D eigenvalue weighted by atomic mass is 35.5. The zero-order valence-corrected chi connectivity index (χ0v) is 12.9. The van der Waals surface area contributed by atoms with Crippen molar-refractivity contribution in [1.29, 1.82) is 0 Å². The second kappa shape index (κ2) is 6.76. The van der Waals surface area contributed by atoms with Gasteiger partial charge in [0, 0.05) is 17.1 Å². The molecular formula is C17H20ClNO. The lowest BCUT2D eigenvalue weighted by Crippen LogP contribution is -2.05. The largest absolute Gasteiger partial charge is 0.493 e. The fourth-order valence-electron chi connectivity index (χ4n) is 1.94. The number of rotatable bonds is 5. The van der Waals surface area contributed by atoms with Gasteiger partial charge in [0.2, 0.25) is 0 Å². The molecule has 3 heteroatoms. The van der Waals surface area contributed by atoms with E-state index in [9.17, 15) is 0 Å². The number of aromatic nitrogens is 1. The van der Waals surface area contributed by atoms with Crippen LogP contribution in [0.5, 0.6) is 5.75 Å². The molecule has 0 fully saturated rings. The maximum Gasteiger partial charge on any atom is 0.128 e. The van der Waals surface area contributed by atoms with Gasteiger partial charge in [-0.05, 0) is 36.6 Å². The molecule has 2 rings (SSSR count). The first kappa shape index (κ1) is 14.9. The Morgan fingerprint density at radius 2 is 1.90 bits per heavy atom. The Balaban J connectivity index is 2.34. The number of ether oxygens (including phenoxy) is 1. The van der Waals surface area contributed by atoms with Gasteiger partial charge in [0.15, 0.2) is 0 Å². The second-order valence-corrected chi connectivity index (χ2v) is 5.54. The van der Waals surface area contributed by atoms with Crippen LogP contribution in [-0.2, 0) is 5.88 Å². The van der Waals surface area contributed by atoms with Crippen molar-refractivity contribution in [1.82, 2.24) is 4.98 Å². The number of aryl methyl sites for hydroxylation is 1. The zero-order valence-electron chi connectivity index (χ0n) is 12.2. The quantitative estimate of drug-likeness (QED) is 0.736. The number of para-hydroxylation sites is 1. The smallest absolute Gasteiger partial charge is 0.128 e. The fraction of sp³-hybridized carbons (Fsp3) is 0.353. The van der Waals surface area contributed by atoms with Gasteiger partial charge in [-0.3, -0.25) is 4.98 Å². The van der Waals surface area contributed by atoms with Crippen molar-refractivity contribution in [2.45, 2.75) is 26.7 Å². The van der Waals surface area contributed by atoms with Crippen molar-refractivity contribution < 1.29 is 4.74 Å². The van der Waals surface area contributed by atoms with E-state index in [-0.39, 0.29) is 0 Å². The molecular weight excluding hydrogens is 270 g/mol. The van der Waals surface area contributed by atoms with E-state index in [1.165, 1.54) is 0 Å². The average Bonchev–Trinajstić information content (AvgIpc) is 2.45. The van der Waals surface area contributed by atoms with Gasteiger partial charge in [0.05, 0.1) is 12.3 Å². The lowest BCUT2D eigenvalue weighted by atomic mass is 10.1. The SMILES string of the molecule is Cc1nc(-c2ccccc2OCC(C)C)ccc1CCl. The van der Waals surface area contributed by atoms with E-state index in [0.717, 1.165) is 28.3 Å². The maximum atomic E-state index is 5.88. The number of pyridine rings is 1. The van der Waals surface area contributed by atoms with Gasteiger partial charge in [-0.25, -0.2) is 0 Å². The molecule has 0 bridgehead atoms. The molecule has 1 aromatic heterocycles. The summed E-state index contributed by atoms with van der Waals surface area (Å²) >= 11 is 5.88. The van der Waals surface area contributed by atoms with E-state index in [0.29, 0.717) is 18.4 Å².